The molecule has 3 aromatic rings. The summed E-state index contributed by atoms with van der Waals surface area (Å²) >= 11 is 0.953. The van der Waals surface area contributed by atoms with Crippen LogP contribution in [0.5, 0.6) is 11.5 Å². The molecule has 3 aromatic carbocycles. The fourth-order valence-corrected chi connectivity index (χ4v) is 4.45. The van der Waals surface area contributed by atoms with Gasteiger partial charge in [0.05, 0.1) is 7.11 Å². The molecule has 0 bridgehead atoms. The second-order valence-electron chi connectivity index (χ2n) is 6.91. The van der Waals surface area contributed by atoms with E-state index in [1.165, 1.54) is 55.6 Å². The van der Waals surface area contributed by atoms with Crippen LogP contribution in [0.3, 0.4) is 0 Å². The number of carbonyl (C=O) groups excluding carboxylic acids is 1. The quantitative estimate of drug-likeness (QED) is 0.397. The summed E-state index contributed by atoms with van der Waals surface area (Å²) in [6, 6.07) is 12.5. The van der Waals surface area contributed by atoms with Crippen molar-refractivity contribution in [2.75, 3.05) is 7.11 Å². The van der Waals surface area contributed by atoms with Crippen LogP contribution in [0.15, 0.2) is 65.8 Å². The third kappa shape index (κ3) is 4.69. The topological polar surface area (TPSA) is 51.1 Å². The smallest absolute Gasteiger partial charge is 0.387 e. The zero-order valence-electron chi connectivity index (χ0n) is 17.3. The van der Waals surface area contributed by atoms with Crippen LogP contribution in [0, 0.1) is 17.5 Å². The molecule has 0 aliphatic carbocycles. The predicted molar refractivity (Wildman–Crippen MR) is 115 cm³/mol. The van der Waals surface area contributed by atoms with E-state index in [4.69, 9.17) is 4.74 Å². The molecule has 1 aliphatic rings. The maximum Gasteiger partial charge on any atom is 0.387 e. The molecule has 0 spiro atoms. The zero-order valence-corrected chi connectivity index (χ0v) is 18.2. The van der Waals surface area contributed by atoms with Gasteiger partial charge in [0.15, 0.2) is 0 Å². The van der Waals surface area contributed by atoms with Crippen LogP contribution in [-0.4, -0.2) is 29.7 Å². The Bertz CT molecular complexity index is 1230. The standard InChI is InChI=1S/C23H15F5N2O3S/c1-32-14-10-16(25)19(17(26)11-14)21(31)30-22(15-4-2-3-5-18(15)33-23(27)28)34-20(29-30)12-6-8-13(24)9-7-12/h2-11,22-23H,1H3. The Morgan fingerprint density at radius 1 is 1.03 bits per heavy atom. The number of alkyl halides is 2. The van der Waals surface area contributed by atoms with Gasteiger partial charge in [-0.05, 0) is 30.3 Å². The van der Waals surface area contributed by atoms with Crippen molar-refractivity contribution in [1.82, 2.24) is 5.01 Å². The average molecular weight is 494 g/mol. The summed E-state index contributed by atoms with van der Waals surface area (Å²) in [5.74, 6) is -4.40. The Labute approximate surface area is 194 Å². The van der Waals surface area contributed by atoms with Crippen molar-refractivity contribution < 1.29 is 36.2 Å². The van der Waals surface area contributed by atoms with Gasteiger partial charge in [0, 0.05) is 23.3 Å². The fourth-order valence-electron chi connectivity index (χ4n) is 3.27. The zero-order chi connectivity index (χ0) is 24.4. The Kier molecular flexibility index (Phi) is 6.73. The lowest BCUT2D eigenvalue weighted by Crippen LogP contribution is -2.28. The SMILES string of the molecule is COc1cc(F)c(C(=O)N2N=C(c3ccc(F)cc3)SC2c2ccccc2OC(F)F)c(F)c1. The maximum atomic E-state index is 14.7. The number of benzene rings is 3. The molecule has 1 unspecified atom stereocenters. The first kappa shape index (κ1) is 23.6. The van der Waals surface area contributed by atoms with Crippen molar-refractivity contribution in [3.05, 3.63) is 94.8 Å². The summed E-state index contributed by atoms with van der Waals surface area (Å²) in [4.78, 5) is 13.3. The van der Waals surface area contributed by atoms with E-state index in [-0.39, 0.29) is 22.1 Å². The molecule has 1 heterocycles. The Balaban J connectivity index is 1.81. The summed E-state index contributed by atoms with van der Waals surface area (Å²) in [7, 11) is 1.21. The molecule has 0 saturated carbocycles. The monoisotopic (exact) mass is 494 g/mol. The maximum absolute atomic E-state index is 14.7. The van der Waals surface area contributed by atoms with Crippen molar-refractivity contribution in [3.8, 4) is 11.5 Å². The number of rotatable bonds is 6. The second-order valence-corrected chi connectivity index (χ2v) is 7.98. The molecule has 34 heavy (non-hydrogen) atoms. The lowest BCUT2D eigenvalue weighted by molar-refractivity contribution is -0.0507. The van der Waals surface area contributed by atoms with E-state index in [0.29, 0.717) is 5.56 Å². The summed E-state index contributed by atoms with van der Waals surface area (Å²) in [5, 5.41) is 4.08. The molecule has 1 amide bonds. The van der Waals surface area contributed by atoms with E-state index in [9.17, 15) is 26.7 Å². The molecule has 176 valence electrons. The van der Waals surface area contributed by atoms with Crippen LogP contribution in [0.1, 0.15) is 26.9 Å². The molecular weight excluding hydrogens is 479 g/mol. The van der Waals surface area contributed by atoms with Crippen LogP contribution in [-0.2, 0) is 0 Å². The van der Waals surface area contributed by atoms with Gasteiger partial charge in [-0.3, -0.25) is 4.79 Å². The van der Waals surface area contributed by atoms with Gasteiger partial charge in [0.2, 0.25) is 0 Å². The van der Waals surface area contributed by atoms with Gasteiger partial charge in [-0.15, -0.1) is 0 Å². The van der Waals surface area contributed by atoms with Crippen LogP contribution in [0.2, 0.25) is 0 Å². The first-order valence-electron chi connectivity index (χ1n) is 9.70. The minimum atomic E-state index is -3.15. The molecular formula is C23H15F5N2O3S. The molecule has 1 aliphatic heterocycles. The number of hydrogen-bond acceptors (Lipinski definition) is 5. The Morgan fingerprint density at radius 2 is 1.68 bits per heavy atom. The molecule has 1 atom stereocenters. The van der Waals surface area contributed by atoms with Crippen molar-refractivity contribution in [1.29, 1.82) is 0 Å². The van der Waals surface area contributed by atoms with Crippen LogP contribution >= 0.6 is 11.8 Å². The molecule has 0 radical (unpaired) electrons. The third-order valence-corrected chi connectivity index (χ3v) is 6.03. The Hall–Kier alpha value is -3.60. The minimum absolute atomic E-state index is 0.122. The number of thioether (sulfide) groups is 1. The Morgan fingerprint density at radius 3 is 2.29 bits per heavy atom. The first-order valence-corrected chi connectivity index (χ1v) is 10.6. The van der Waals surface area contributed by atoms with E-state index in [1.807, 2.05) is 0 Å². The number of ether oxygens (including phenoxy) is 2. The molecule has 0 aromatic heterocycles. The average Bonchev–Trinajstić information content (AvgIpc) is 3.24. The molecule has 0 N–H and O–H groups in total. The highest BCUT2D eigenvalue weighted by Gasteiger charge is 2.38. The van der Waals surface area contributed by atoms with Crippen molar-refractivity contribution in [3.63, 3.8) is 0 Å². The van der Waals surface area contributed by atoms with E-state index in [0.717, 1.165) is 28.9 Å². The van der Waals surface area contributed by atoms with Crippen molar-refractivity contribution >= 4 is 22.7 Å². The third-order valence-electron chi connectivity index (χ3n) is 4.81. The van der Waals surface area contributed by atoms with Gasteiger partial charge >= 0.3 is 6.61 Å². The highest BCUT2D eigenvalue weighted by Crippen LogP contribution is 2.45. The van der Waals surface area contributed by atoms with Gasteiger partial charge in [0.1, 0.15) is 44.9 Å². The summed E-state index contributed by atoms with van der Waals surface area (Å²) in [6.45, 7) is -3.15. The molecule has 0 fully saturated rings. The number of methoxy groups -OCH3 is 1. The van der Waals surface area contributed by atoms with Gasteiger partial charge in [-0.1, -0.05) is 30.0 Å². The second kappa shape index (κ2) is 9.72. The normalized spacial score (nSPS) is 15.4. The number of para-hydroxylation sites is 1. The first-order chi connectivity index (χ1) is 16.3. The van der Waals surface area contributed by atoms with Gasteiger partial charge < -0.3 is 9.47 Å². The number of halogens is 5. The van der Waals surface area contributed by atoms with Crippen molar-refractivity contribution in [2.24, 2.45) is 5.10 Å². The highest BCUT2D eigenvalue weighted by molar-refractivity contribution is 8.14. The van der Waals surface area contributed by atoms with E-state index in [2.05, 4.69) is 9.84 Å². The lowest BCUT2D eigenvalue weighted by Gasteiger charge is -2.23. The van der Waals surface area contributed by atoms with E-state index in [1.54, 1.807) is 0 Å². The number of nitrogens with zero attached hydrogens (tertiary/aromatic N) is 2. The summed E-state index contributed by atoms with van der Waals surface area (Å²) in [6.07, 6.45) is 0. The molecule has 4 rings (SSSR count). The van der Waals surface area contributed by atoms with E-state index < -0.39 is 40.9 Å². The summed E-state index contributed by atoms with van der Waals surface area (Å²) in [5.41, 5.74) is -0.367. The number of carbonyl (C=O) groups is 1. The number of amides is 1. The molecule has 5 nitrogen and oxygen atoms in total. The fraction of sp³-hybridized carbons (Fsp3) is 0.130. The highest BCUT2D eigenvalue weighted by atomic mass is 32.2. The molecule has 11 heteroatoms. The largest absolute Gasteiger partial charge is 0.497 e. The van der Waals surface area contributed by atoms with Gasteiger partial charge in [-0.25, -0.2) is 18.2 Å². The van der Waals surface area contributed by atoms with Gasteiger partial charge in [-0.2, -0.15) is 13.9 Å². The van der Waals surface area contributed by atoms with E-state index >= 15 is 0 Å². The summed E-state index contributed by atoms with van der Waals surface area (Å²) < 4.78 is 78.0. The van der Waals surface area contributed by atoms with Crippen LogP contribution in [0.25, 0.3) is 0 Å². The van der Waals surface area contributed by atoms with Crippen molar-refractivity contribution in [2.45, 2.75) is 12.0 Å². The van der Waals surface area contributed by atoms with Crippen LogP contribution in [0.4, 0.5) is 22.0 Å². The predicted octanol–water partition coefficient (Wildman–Crippen LogP) is 5.96. The number of hydrazone groups is 1. The van der Waals surface area contributed by atoms with Gasteiger partial charge in [0.25, 0.3) is 5.91 Å². The number of hydrogen-bond donors (Lipinski definition) is 0. The minimum Gasteiger partial charge on any atom is -0.497 e. The lowest BCUT2D eigenvalue weighted by atomic mass is 10.1. The molecule has 0 saturated heterocycles. The van der Waals surface area contributed by atoms with Crippen LogP contribution < -0.4 is 9.47 Å².